The molecule has 2 rings (SSSR count). The van der Waals surface area contributed by atoms with E-state index in [1.165, 1.54) is 24.7 Å². The zero-order chi connectivity index (χ0) is 12.1. The largest absolute Gasteiger partial charge is 0.313 e. The molecular formula is C14H20FNS. The van der Waals surface area contributed by atoms with Crippen LogP contribution in [-0.2, 0) is 6.42 Å². The minimum Gasteiger partial charge on any atom is -0.313 e. The van der Waals surface area contributed by atoms with E-state index in [1.54, 1.807) is 6.07 Å². The van der Waals surface area contributed by atoms with Crippen LogP contribution in [-0.4, -0.2) is 23.6 Å². The van der Waals surface area contributed by atoms with Crippen molar-refractivity contribution in [3.8, 4) is 0 Å². The van der Waals surface area contributed by atoms with E-state index >= 15 is 0 Å². The number of benzene rings is 1. The van der Waals surface area contributed by atoms with Crippen molar-refractivity contribution in [2.24, 2.45) is 0 Å². The Labute approximate surface area is 107 Å². The quantitative estimate of drug-likeness (QED) is 0.864. The zero-order valence-corrected chi connectivity index (χ0v) is 11.1. The molecule has 0 aliphatic carbocycles. The second kappa shape index (κ2) is 6.41. The summed E-state index contributed by atoms with van der Waals surface area (Å²) in [7, 11) is 0. The fourth-order valence-corrected chi connectivity index (χ4v) is 3.42. The van der Waals surface area contributed by atoms with E-state index in [4.69, 9.17) is 0 Å². The average molecular weight is 253 g/mol. The minimum absolute atomic E-state index is 0.0867. The first-order valence-corrected chi connectivity index (χ1v) is 7.39. The van der Waals surface area contributed by atoms with Crippen molar-refractivity contribution in [1.29, 1.82) is 0 Å². The normalized spacial score (nSPS) is 21.6. The van der Waals surface area contributed by atoms with Crippen LogP contribution in [0.5, 0.6) is 0 Å². The summed E-state index contributed by atoms with van der Waals surface area (Å²) >= 11 is 2.06. The summed E-state index contributed by atoms with van der Waals surface area (Å²) in [6, 6.07) is 7.39. The van der Waals surface area contributed by atoms with E-state index < -0.39 is 0 Å². The predicted octanol–water partition coefficient (Wildman–Crippen LogP) is 3.24. The maximum atomic E-state index is 13.5. The van der Waals surface area contributed by atoms with E-state index in [-0.39, 0.29) is 5.82 Å². The Kier molecular flexibility index (Phi) is 4.86. The van der Waals surface area contributed by atoms with Crippen LogP contribution in [0.25, 0.3) is 0 Å². The van der Waals surface area contributed by atoms with Gasteiger partial charge in [-0.3, -0.25) is 0 Å². The highest BCUT2D eigenvalue weighted by atomic mass is 32.2. The highest BCUT2D eigenvalue weighted by molar-refractivity contribution is 8.00. The van der Waals surface area contributed by atoms with Gasteiger partial charge in [-0.2, -0.15) is 11.8 Å². The molecule has 1 heterocycles. The molecule has 2 unspecified atom stereocenters. The Balaban J connectivity index is 1.76. The van der Waals surface area contributed by atoms with Crippen LogP contribution in [0.4, 0.5) is 4.39 Å². The van der Waals surface area contributed by atoms with Gasteiger partial charge in [0.25, 0.3) is 0 Å². The first-order chi connectivity index (χ1) is 8.25. The van der Waals surface area contributed by atoms with Gasteiger partial charge < -0.3 is 5.32 Å². The predicted molar refractivity (Wildman–Crippen MR) is 73.0 cm³/mol. The highest BCUT2D eigenvalue weighted by Crippen LogP contribution is 2.25. The maximum Gasteiger partial charge on any atom is 0.126 e. The summed E-state index contributed by atoms with van der Waals surface area (Å²) in [6.45, 7) is 3.19. The van der Waals surface area contributed by atoms with Crippen LogP contribution < -0.4 is 5.32 Å². The number of rotatable bonds is 5. The van der Waals surface area contributed by atoms with Crippen molar-refractivity contribution in [1.82, 2.24) is 5.32 Å². The van der Waals surface area contributed by atoms with E-state index in [9.17, 15) is 4.39 Å². The molecule has 1 aromatic carbocycles. The molecule has 0 radical (unpaired) electrons. The van der Waals surface area contributed by atoms with Gasteiger partial charge in [0.05, 0.1) is 0 Å². The van der Waals surface area contributed by atoms with Crippen LogP contribution >= 0.6 is 11.8 Å². The van der Waals surface area contributed by atoms with Crippen molar-refractivity contribution >= 4 is 11.8 Å². The number of hydrogen-bond donors (Lipinski definition) is 1. The fourth-order valence-electron chi connectivity index (χ4n) is 2.20. The van der Waals surface area contributed by atoms with Crippen LogP contribution in [0, 0.1) is 5.82 Å². The van der Waals surface area contributed by atoms with Gasteiger partial charge in [0.15, 0.2) is 0 Å². The van der Waals surface area contributed by atoms with Gasteiger partial charge in [0.2, 0.25) is 0 Å². The van der Waals surface area contributed by atoms with Gasteiger partial charge in [0.1, 0.15) is 5.82 Å². The standard InChI is InChI=1S/C14H20FNS/c1-11(16-10-13-6-4-8-17-13)9-12-5-2-3-7-14(12)15/h2-3,5,7,11,13,16H,4,6,8-10H2,1H3. The number of halogens is 1. The molecule has 1 aromatic rings. The molecule has 94 valence electrons. The second-order valence-corrected chi connectivity index (χ2v) is 6.15. The average Bonchev–Trinajstić information content (AvgIpc) is 2.82. The third-order valence-electron chi connectivity index (χ3n) is 3.20. The highest BCUT2D eigenvalue weighted by Gasteiger charge is 2.16. The maximum absolute atomic E-state index is 13.5. The minimum atomic E-state index is -0.0867. The van der Waals surface area contributed by atoms with Crippen molar-refractivity contribution in [3.05, 3.63) is 35.6 Å². The zero-order valence-electron chi connectivity index (χ0n) is 10.3. The Morgan fingerprint density at radius 2 is 2.29 bits per heavy atom. The van der Waals surface area contributed by atoms with E-state index in [0.29, 0.717) is 6.04 Å². The van der Waals surface area contributed by atoms with Gasteiger partial charge in [-0.25, -0.2) is 4.39 Å². The lowest BCUT2D eigenvalue weighted by molar-refractivity contribution is 0.519. The molecular weight excluding hydrogens is 233 g/mol. The molecule has 0 bridgehead atoms. The molecule has 1 aliphatic rings. The molecule has 17 heavy (non-hydrogen) atoms. The van der Waals surface area contributed by atoms with E-state index in [2.05, 4.69) is 24.0 Å². The molecule has 1 saturated heterocycles. The molecule has 1 nitrogen and oxygen atoms in total. The summed E-state index contributed by atoms with van der Waals surface area (Å²) in [5.41, 5.74) is 0.812. The summed E-state index contributed by atoms with van der Waals surface area (Å²) in [4.78, 5) is 0. The van der Waals surface area contributed by atoms with Gasteiger partial charge in [-0.05, 0) is 43.6 Å². The molecule has 0 saturated carbocycles. The fraction of sp³-hybridized carbons (Fsp3) is 0.571. The monoisotopic (exact) mass is 253 g/mol. The lowest BCUT2D eigenvalue weighted by Gasteiger charge is -2.17. The van der Waals surface area contributed by atoms with Crippen LogP contribution in [0.1, 0.15) is 25.3 Å². The van der Waals surface area contributed by atoms with Gasteiger partial charge in [0, 0.05) is 17.8 Å². The molecule has 1 N–H and O–H groups in total. The topological polar surface area (TPSA) is 12.0 Å². The van der Waals surface area contributed by atoms with Gasteiger partial charge in [-0.15, -0.1) is 0 Å². The lowest BCUT2D eigenvalue weighted by Crippen LogP contribution is -2.33. The lowest BCUT2D eigenvalue weighted by atomic mass is 10.1. The van der Waals surface area contributed by atoms with E-state index in [0.717, 1.165) is 23.8 Å². The Morgan fingerprint density at radius 1 is 1.47 bits per heavy atom. The van der Waals surface area contributed by atoms with Gasteiger partial charge >= 0.3 is 0 Å². The number of nitrogens with one attached hydrogen (secondary N) is 1. The van der Waals surface area contributed by atoms with Gasteiger partial charge in [-0.1, -0.05) is 18.2 Å². The Hall–Kier alpha value is -0.540. The number of thioether (sulfide) groups is 1. The summed E-state index contributed by atoms with van der Waals surface area (Å²) in [5, 5.41) is 4.27. The van der Waals surface area contributed by atoms with Crippen LogP contribution in [0.2, 0.25) is 0 Å². The first kappa shape index (κ1) is 12.9. The molecule has 0 spiro atoms. The smallest absolute Gasteiger partial charge is 0.126 e. The molecule has 2 atom stereocenters. The molecule has 3 heteroatoms. The van der Waals surface area contributed by atoms with Crippen molar-refractivity contribution in [2.75, 3.05) is 12.3 Å². The third-order valence-corrected chi connectivity index (χ3v) is 4.60. The van der Waals surface area contributed by atoms with Crippen LogP contribution in [0.15, 0.2) is 24.3 Å². The second-order valence-electron chi connectivity index (χ2n) is 4.74. The third kappa shape index (κ3) is 4.00. The number of hydrogen-bond acceptors (Lipinski definition) is 2. The van der Waals surface area contributed by atoms with Crippen molar-refractivity contribution in [2.45, 2.75) is 37.5 Å². The Morgan fingerprint density at radius 3 is 3.00 bits per heavy atom. The molecule has 0 amide bonds. The van der Waals surface area contributed by atoms with Crippen molar-refractivity contribution in [3.63, 3.8) is 0 Å². The van der Waals surface area contributed by atoms with E-state index in [1.807, 2.05) is 12.1 Å². The molecule has 1 fully saturated rings. The first-order valence-electron chi connectivity index (χ1n) is 6.34. The van der Waals surface area contributed by atoms with Crippen LogP contribution in [0.3, 0.4) is 0 Å². The Bertz CT molecular complexity index is 350. The summed E-state index contributed by atoms with van der Waals surface area (Å²) in [6.07, 6.45) is 3.44. The summed E-state index contributed by atoms with van der Waals surface area (Å²) in [5.74, 6) is 1.21. The van der Waals surface area contributed by atoms with Crippen molar-refractivity contribution < 1.29 is 4.39 Å². The molecule has 0 aromatic heterocycles. The molecule has 1 aliphatic heterocycles. The summed E-state index contributed by atoms with van der Waals surface area (Å²) < 4.78 is 13.5. The SMILES string of the molecule is CC(Cc1ccccc1F)NCC1CCCS1.